The number of nitrogens with zero attached hydrogens (tertiary/aromatic N) is 4. The van der Waals surface area contributed by atoms with E-state index in [0.29, 0.717) is 62.7 Å². The second-order valence-corrected chi connectivity index (χ2v) is 7.18. The van der Waals surface area contributed by atoms with Gasteiger partial charge in [0.25, 0.3) is 5.56 Å². The lowest BCUT2D eigenvalue weighted by atomic mass is 10.2. The predicted octanol–water partition coefficient (Wildman–Crippen LogP) is 2.77. The zero-order chi connectivity index (χ0) is 20.9. The van der Waals surface area contributed by atoms with Crippen LogP contribution in [0, 0.1) is 5.82 Å². The maximum atomic E-state index is 13.9. The van der Waals surface area contributed by atoms with Crippen molar-refractivity contribution in [3.8, 4) is 11.5 Å². The number of piperazine rings is 1. The number of carbonyl (C=O) groups is 1. The van der Waals surface area contributed by atoms with E-state index in [0.717, 1.165) is 0 Å². The highest BCUT2D eigenvalue weighted by Crippen LogP contribution is 2.20. The topological polar surface area (TPSA) is 71.6 Å². The third-order valence-corrected chi connectivity index (χ3v) is 5.23. The minimum atomic E-state index is -0.244. The van der Waals surface area contributed by atoms with Gasteiger partial charge in [-0.15, -0.1) is 0 Å². The third-order valence-electron chi connectivity index (χ3n) is 5.23. The largest absolute Gasteiger partial charge is 0.463 e. The van der Waals surface area contributed by atoms with Crippen molar-refractivity contribution in [1.29, 1.82) is 0 Å². The second kappa shape index (κ2) is 8.94. The number of amides is 1. The summed E-state index contributed by atoms with van der Waals surface area (Å²) in [6.45, 7) is 2.66. The lowest BCUT2D eigenvalue weighted by Crippen LogP contribution is -2.49. The van der Waals surface area contributed by atoms with Gasteiger partial charge in [-0.2, -0.15) is 5.10 Å². The van der Waals surface area contributed by atoms with Crippen molar-refractivity contribution in [2.45, 2.75) is 19.4 Å². The number of hydrogen-bond acceptors (Lipinski definition) is 5. The number of rotatable bonds is 6. The molecule has 4 rings (SSSR count). The Bertz CT molecular complexity index is 1060. The molecule has 0 spiro atoms. The normalized spacial score (nSPS) is 14.2. The molecule has 8 heteroatoms. The first-order chi connectivity index (χ1) is 14.6. The SMILES string of the molecule is O=C(CCCn1nc(-c2ccco2)ccc1=O)N1CCN(c2ccccc2F)CC1. The van der Waals surface area contributed by atoms with E-state index < -0.39 is 0 Å². The Labute approximate surface area is 173 Å². The van der Waals surface area contributed by atoms with E-state index in [1.807, 2.05) is 11.0 Å². The molecule has 7 nitrogen and oxygen atoms in total. The predicted molar refractivity (Wildman–Crippen MR) is 111 cm³/mol. The number of carbonyl (C=O) groups excluding carboxylic acids is 1. The van der Waals surface area contributed by atoms with Crippen LogP contribution < -0.4 is 10.5 Å². The quantitative estimate of drug-likeness (QED) is 0.625. The van der Waals surface area contributed by atoms with Crippen LogP contribution in [0.25, 0.3) is 11.5 Å². The molecule has 0 radical (unpaired) electrons. The first-order valence-corrected chi connectivity index (χ1v) is 10.0. The maximum Gasteiger partial charge on any atom is 0.266 e. The number of aromatic nitrogens is 2. The highest BCUT2D eigenvalue weighted by atomic mass is 19.1. The zero-order valence-corrected chi connectivity index (χ0v) is 16.5. The van der Waals surface area contributed by atoms with Gasteiger partial charge in [-0.1, -0.05) is 12.1 Å². The van der Waals surface area contributed by atoms with Gasteiger partial charge in [0.1, 0.15) is 11.5 Å². The van der Waals surface area contributed by atoms with Crippen molar-refractivity contribution in [1.82, 2.24) is 14.7 Å². The number of aryl methyl sites for hydroxylation is 1. The maximum absolute atomic E-state index is 13.9. The molecule has 0 aliphatic carbocycles. The molecule has 1 aromatic carbocycles. The molecular weight excluding hydrogens is 387 g/mol. The molecule has 30 heavy (non-hydrogen) atoms. The van der Waals surface area contributed by atoms with Crippen LogP contribution in [0.2, 0.25) is 0 Å². The van der Waals surface area contributed by atoms with E-state index in [9.17, 15) is 14.0 Å². The van der Waals surface area contributed by atoms with Crippen LogP contribution in [-0.4, -0.2) is 46.8 Å². The fourth-order valence-corrected chi connectivity index (χ4v) is 3.61. The average molecular weight is 410 g/mol. The Hall–Kier alpha value is -3.42. The molecule has 3 heterocycles. The second-order valence-electron chi connectivity index (χ2n) is 7.18. The Morgan fingerprint density at radius 2 is 1.83 bits per heavy atom. The van der Waals surface area contributed by atoms with Crippen LogP contribution in [0.4, 0.5) is 10.1 Å². The smallest absolute Gasteiger partial charge is 0.266 e. The van der Waals surface area contributed by atoms with Gasteiger partial charge in [-0.25, -0.2) is 9.07 Å². The molecule has 0 N–H and O–H groups in total. The van der Waals surface area contributed by atoms with E-state index in [2.05, 4.69) is 5.10 Å². The summed E-state index contributed by atoms with van der Waals surface area (Å²) in [4.78, 5) is 28.4. The first-order valence-electron chi connectivity index (χ1n) is 10.0. The molecule has 2 aromatic heterocycles. The molecule has 1 saturated heterocycles. The Morgan fingerprint density at radius 1 is 1.03 bits per heavy atom. The van der Waals surface area contributed by atoms with Crippen molar-refractivity contribution < 1.29 is 13.6 Å². The number of halogens is 1. The van der Waals surface area contributed by atoms with Gasteiger partial charge >= 0.3 is 0 Å². The van der Waals surface area contributed by atoms with Crippen LogP contribution in [0.1, 0.15) is 12.8 Å². The van der Waals surface area contributed by atoms with Gasteiger partial charge in [0, 0.05) is 45.2 Å². The summed E-state index contributed by atoms with van der Waals surface area (Å²) in [5.74, 6) is 0.387. The first kappa shape index (κ1) is 19.9. The molecule has 0 saturated carbocycles. The van der Waals surface area contributed by atoms with E-state index >= 15 is 0 Å². The van der Waals surface area contributed by atoms with Crippen LogP contribution in [0.3, 0.4) is 0 Å². The highest BCUT2D eigenvalue weighted by molar-refractivity contribution is 5.76. The summed E-state index contributed by atoms with van der Waals surface area (Å²) >= 11 is 0. The minimum Gasteiger partial charge on any atom is -0.463 e. The third kappa shape index (κ3) is 4.42. The van der Waals surface area contributed by atoms with E-state index in [4.69, 9.17) is 4.42 Å². The standard InChI is InChI=1S/C22H23FN4O3/c23-17-5-1-2-6-19(17)25-12-14-26(15-13-25)21(28)8-3-11-27-22(29)10-9-18(24-27)20-7-4-16-30-20/h1-2,4-7,9-10,16H,3,8,11-15H2. The lowest BCUT2D eigenvalue weighted by molar-refractivity contribution is -0.131. The number of anilines is 1. The summed E-state index contributed by atoms with van der Waals surface area (Å²) in [5.41, 5.74) is 0.943. The van der Waals surface area contributed by atoms with Gasteiger partial charge in [0.15, 0.2) is 5.76 Å². The fourth-order valence-electron chi connectivity index (χ4n) is 3.61. The van der Waals surface area contributed by atoms with Gasteiger partial charge in [-0.3, -0.25) is 9.59 Å². The summed E-state index contributed by atoms with van der Waals surface area (Å²) in [6.07, 6.45) is 2.40. The zero-order valence-electron chi connectivity index (χ0n) is 16.5. The number of furan rings is 1. The molecule has 1 aliphatic rings. The van der Waals surface area contributed by atoms with E-state index in [1.54, 1.807) is 41.5 Å². The van der Waals surface area contributed by atoms with Crippen molar-refractivity contribution >= 4 is 11.6 Å². The van der Waals surface area contributed by atoms with Gasteiger partial charge in [-0.05, 0) is 36.8 Å². The Balaban J connectivity index is 1.28. The van der Waals surface area contributed by atoms with Crippen LogP contribution in [-0.2, 0) is 11.3 Å². The summed E-state index contributed by atoms with van der Waals surface area (Å²) in [7, 11) is 0. The van der Waals surface area contributed by atoms with Gasteiger partial charge in [0.05, 0.1) is 12.0 Å². The molecular formula is C22H23FN4O3. The Morgan fingerprint density at radius 3 is 2.57 bits per heavy atom. The molecule has 3 aromatic rings. The molecule has 0 bridgehead atoms. The Kier molecular flexibility index (Phi) is 5.92. The minimum absolute atomic E-state index is 0.0402. The monoisotopic (exact) mass is 410 g/mol. The van der Waals surface area contributed by atoms with Crippen molar-refractivity contribution in [2.75, 3.05) is 31.1 Å². The number of benzene rings is 1. The summed E-state index contributed by atoms with van der Waals surface area (Å²) in [6, 6.07) is 13.3. The summed E-state index contributed by atoms with van der Waals surface area (Å²) in [5, 5.41) is 4.32. The van der Waals surface area contributed by atoms with Crippen LogP contribution in [0.15, 0.2) is 64.0 Å². The molecule has 156 valence electrons. The molecule has 1 fully saturated rings. The van der Waals surface area contributed by atoms with Crippen LogP contribution in [0.5, 0.6) is 0 Å². The fraction of sp³-hybridized carbons (Fsp3) is 0.318. The van der Waals surface area contributed by atoms with Gasteiger partial charge < -0.3 is 14.2 Å². The molecule has 1 amide bonds. The van der Waals surface area contributed by atoms with Crippen LogP contribution >= 0.6 is 0 Å². The number of hydrogen-bond donors (Lipinski definition) is 0. The van der Waals surface area contributed by atoms with Crippen molar-refractivity contribution in [3.63, 3.8) is 0 Å². The van der Waals surface area contributed by atoms with E-state index in [1.165, 1.54) is 16.8 Å². The lowest BCUT2D eigenvalue weighted by Gasteiger charge is -2.36. The molecule has 1 aliphatic heterocycles. The van der Waals surface area contributed by atoms with E-state index in [-0.39, 0.29) is 17.3 Å². The van der Waals surface area contributed by atoms with Gasteiger partial charge in [0.2, 0.25) is 5.91 Å². The molecule has 0 atom stereocenters. The highest BCUT2D eigenvalue weighted by Gasteiger charge is 2.22. The average Bonchev–Trinajstić information content (AvgIpc) is 3.30. The molecule has 0 unspecified atom stereocenters. The van der Waals surface area contributed by atoms with Crippen molar-refractivity contribution in [3.05, 3.63) is 71.0 Å². The number of para-hydroxylation sites is 1. The van der Waals surface area contributed by atoms with Crippen molar-refractivity contribution in [2.24, 2.45) is 0 Å². The summed E-state index contributed by atoms with van der Waals surface area (Å²) < 4.78 is 20.6.